The molecule has 1 N–H and O–H groups in total. The van der Waals surface area contributed by atoms with Gasteiger partial charge >= 0.3 is 0 Å². The van der Waals surface area contributed by atoms with E-state index in [0.717, 1.165) is 12.8 Å². The predicted molar refractivity (Wildman–Crippen MR) is 119 cm³/mol. The number of hydrogen-bond acceptors (Lipinski definition) is 7. The molecule has 0 aliphatic carbocycles. The second kappa shape index (κ2) is 8.23. The average molecular weight is 475 g/mol. The molecule has 0 bridgehead atoms. The number of benzene rings is 2. The van der Waals surface area contributed by atoms with Crippen molar-refractivity contribution in [2.24, 2.45) is 5.16 Å². The van der Waals surface area contributed by atoms with Gasteiger partial charge in [0.1, 0.15) is 5.82 Å². The highest BCUT2D eigenvalue weighted by molar-refractivity contribution is 7.89. The first kappa shape index (κ1) is 21.0. The van der Waals surface area contributed by atoms with E-state index < -0.39 is 27.9 Å². The van der Waals surface area contributed by atoms with Gasteiger partial charge in [-0.05, 0) is 43.2 Å². The van der Waals surface area contributed by atoms with Crippen molar-refractivity contribution in [3.63, 3.8) is 0 Å². The molecule has 166 valence electrons. The molecule has 11 heteroatoms. The van der Waals surface area contributed by atoms with Crippen LogP contribution in [-0.4, -0.2) is 48.5 Å². The number of thiazole rings is 1. The molecule has 1 fully saturated rings. The number of oxime groups is 1. The van der Waals surface area contributed by atoms with Crippen LogP contribution in [0.15, 0.2) is 52.5 Å². The summed E-state index contributed by atoms with van der Waals surface area (Å²) in [6.45, 7) is 1.07. The number of nitrogens with one attached hydrogen (secondary N) is 1. The van der Waals surface area contributed by atoms with Gasteiger partial charge < -0.3 is 4.84 Å². The maximum atomic E-state index is 13.4. The van der Waals surface area contributed by atoms with Crippen molar-refractivity contribution >= 4 is 48.3 Å². The van der Waals surface area contributed by atoms with Gasteiger partial charge in [0.05, 0.1) is 20.8 Å². The fourth-order valence-corrected chi connectivity index (χ4v) is 6.27. The molecule has 32 heavy (non-hydrogen) atoms. The molecule has 3 heterocycles. The van der Waals surface area contributed by atoms with Crippen molar-refractivity contribution in [2.75, 3.05) is 18.4 Å². The van der Waals surface area contributed by atoms with Gasteiger partial charge in [-0.1, -0.05) is 28.6 Å². The first-order valence-electron chi connectivity index (χ1n) is 10.1. The first-order valence-corrected chi connectivity index (χ1v) is 12.4. The van der Waals surface area contributed by atoms with E-state index in [9.17, 15) is 17.6 Å². The van der Waals surface area contributed by atoms with Gasteiger partial charge in [0, 0.05) is 25.1 Å². The van der Waals surface area contributed by atoms with Gasteiger partial charge in [-0.15, -0.1) is 0 Å². The maximum absolute atomic E-state index is 13.4. The highest BCUT2D eigenvalue weighted by Crippen LogP contribution is 2.30. The van der Waals surface area contributed by atoms with E-state index in [4.69, 9.17) is 4.84 Å². The molecular formula is C21H19FN4O4S2. The second-order valence-electron chi connectivity index (χ2n) is 7.60. The fourth-order valence-electron chi connectivity index (χ4n) is 3.74. The topological polar surface area (TPSA) is 101 Å². The quantitative estimate of drug-likeness (QED) is 0.611. The third kappa shape index (κ3) is 3.98. The molecule has 2 aliphatic rings. The lowest BCUT2D eigenvalue weighted by atomic mass is 10.0. The Morgan fingerprint density at radius 3 is 2.78 bits per heavy atom. The molecule has 2 aromatic carbocycles. The molecule has 2 aliphatic heterocycles. The number of anilines is 1. The Balaban J connectivity index is 1.29. The number of rotatable bonds is 5. The Bertz CT molecular complexity index is 1330. The van der Waals surface area contributed by atoms with Crippen molar-refractivity contribution in [3.8, 4) is 0 Å². The molecule has 0 radical (unpaired) electrons. The van der Waals surface area contributed by atoms with Gasteiger partial charge in [-0.2, -0.15) is 4.31 Å². The highest BCUT2D eigenvalue weighted by atomic mass is 32.2. The fraction of sp³-hybridized carbons (Fsp3) is 0.286. The van der Waals surface area contributed by atoms with Crippen LogP contribution in [0.4, 0.5) is 9.52 Å². The number of nitrogens with zero attached hydrogens (tertiary/aromatic N) is 3. The molecule has 8 nitrogen and oxygen atoms in total. The molecule has 1 saturated heterocycles. The monoisotopic (exact) mass is 474 g/mol. The molecule has 5 rings (SSSR count). The van der Waals surface area contributed by atoms with E-state index in [1.165, 1.54) is 27.8 Å². The standard InChI is InChI=1S/C21H19FN4O4S2/c22-14-5-3-4-13(10-14)17-12-18(30-25-17)20(27)24-21-23-16-7-6-15(11-19(16)31-21)32(28,29)26-8-1-2-9-26/h3-7,10-11,18H,1-2,8-9,12H2,(H,23,24,27). The summed E-state index contributed by atoms with van der Waals surface area (Å²) in [5.41, 5.74) is 1.65. The summed E-state index contributed by atoms with van der Waals surface area (Å²) < 4.78 is 41.2. The SMILES string of the molecule is O=C(Nc1nc2ccc(S(=O)(=O)N3CCCC3)cc2s1)C1CC(c2cccc(F)c2)=NO1. The van der Waals surface area contributed by atoms with E-state index in [1.807, 2.05) is 0 Å². The Hall–Kier alpha value is -2.89. The van der Waals surface area contributed by atoms with Gasteiger partial charge in [0.2, 0.25) is 16.1 Å². The minimum atomic E-state index is -3.53. The summed E-state index contributed by atoms with van der Waals surface area (Å²) in [7, 11) is -3.53. The summed E-state index contributed by atoms with van der Waals surface area (Å²) in [5.74, 6) is -0.817. The Kier molecular flexibility index (Phi) is 5.39. The summed E-state index contributed by atoms with van der Waals surface area (Å²) in [4.78, 5) is 22.4. The van der Waals surface area contributed by atoms with Gasteiger partial charge in [-0.3, -0.25) is 10.1 Å². The van der Waals surface area contributed by atoms with Crippen LogP contribution in [0, 0.1) is 5.82 Å². The van der Waals surface area contributed by atoms with E-state index in [-0.39, 0.29) is 11.3 Å². The van der Waals surface area contributed by atoms with Crippen LogP contribution in [-0.2, 0) is 19.7 Å². The molecular weight excluding hydrogens is 455 g/mol. The number of hydrogen-bond donors (Lipinski definition) is 1. The van der Waals surface area contributed by atoms with Crippen molar-refractivity contribution in [3.05, 3.63) is 53.8 Å². The molecule has 0 spiro atoms. The van der Waals surface area contributed by atoms with E-state index in [0.29, 0.717) is 39.7 Å². The van der Waals surface area contributed by atoms with Crippen LogP contribution >= 0.6 is 11.3 Å². The number of amides is 1. The summed E-state index contributed by atoms with van der Waals surface area (Å²) >= 11 is 1.19. The van der Waals surface area contributed by atoms with Crippen LogP contribution in [0.2, 0.25) is 0 Å². The van der Waals surface area contributed by atoms with Crippen LogP contribution in [0.5, 0.6) is 0 Å². The minimum absolute atomic E-state index is 0.207. The number of carbonyl (C=O) groups is 1. The maximum Gasteiger partial charge on any atom is 0.270 e. The molecule has 0 saturated carbocycles. The number of fused-ring (bicyclic) bond motifs is 1. The Labute approximate surface area is 187 Å². The number of halogens is 1. The van der Waals surface area contributed by atoms with E-state index >= 15 is 0 Å². The normalized spacial score (nSPS) is 19.2. The van der Waals surface area contributed by atoms with Crippen LogP contribution in [0.3, 0.4) is 0 Å². The van der Waals surface area contributed by atoms with Crippen molar-refractivity contribution in [1.82, 2.24) is 9.29 Å². The highest BCUT2D eigenvalue weighted by Gasteiger charge is 2.30. The van der Waals surface area contributed by atoms with Gasteiger partial charge in [-0.25, -0.2) is 17.8 Å². The molecule has 1 amide bonds. The number of aromatic nitrogens is 1. The first-order chi connectivity index (χ1) is 15.4. The molecule has 3 aromatic rings. The zero-order valence-corrected chi connectivity index (χ0v) is 18.5. The zero-order chi connectivity index (χ0) is 22.3. The van der Waals surface area contributed by atoms with E-state index in [1.54, 1.807) is 30.3 Å². The smallest absolute Gasteiger partial charge is 0.270 e. The van der Waals surface area contributed by atoms with Crippen LogP contribution in [0.25, 0.3) is 10.2 Å². The van der Waals surface area contributed by atoms with Crippen LogP contribution in [0.1, 0.15) is 24.8 Å². The average Bonchev–Trinajstić information content (AvgIpc) is 3.53. The van der Waals surface area contributed by atoms with Crippen molar-refractivity contribution in [2.45, 2.75) is 30.3 Å². The lowest BCUT2D eigenvalue weighted by Gasteiger charge is -2.15. The molecule has 1 aromatic heterocycles. The summed E-state index contributed by atoms with van der Waals surface area (Å²) in [6, 6.07) is 10.7. The molecule has 1 atom stereocenters. The third-order valence-corrected chi connectivity index (χ3v) is 8.24. The predicted octanol–water partition coefficient (Wildman–Crippen LogP) is 3.35. The second-order valence-corrected chi connectivity index (χ2v) is 10.6. The Morgan fingerprint density at radius 2 is 2.00 bits per heavy atom. The molecule has 1 unspecified atom stereocenters. The third-order valence-electron chi connectivity index (χ3n) is 5.41. The number of carbonyl (C=O) groups excluding carboxylic acids is 1. The van der Waals surface area contributed by atoms with E-state index in [2.05, 4.69) is 15.5 Å². The number of sulfonamides is 1. The summed E-state index contributed by atoms with van der Waals surface area (Å²) in [6.07, 6.45) is 1.09. The minimum Gasteiger partial charge on any atom is -0.382 e. The lowest BCUT2D eigenvalue weighted by molar-refractivity contribution is -0.125. The van der Waals surface area contributed by atoms with Crippen LogP contribution < -0.4 is 5.32 Å². The van der Waals surface area contributed by atoms with Gasteiger partial charge in [0.25, 0.3) is 5.91 Å². The largest absolute Gasteiger partial charge is 0.382 e. The van der Waals surface area contributed by atoms with Crippen molar-refractivity contribution in [1.29, 1.82) is 0 Å². The van der Waals surface area contributed by atoms with Crippen molar-refractivity contribution < 1.29 is 22.4 Å². The lowest BCUT2D eigenvalue weighted by Crippen LogP contribution is -2.27. The zero-order valence-electron chi connectivity index (χ0n) is 16.8. The Morgan fingerprint density at radius 1 is 1.19 bits per heavy atom. The van der Waals surface area contributed by atoms with Gasteiger partial charge in [0.15, 0.2) is 5.13 Å². The summed E-state index contributed by atoms with van der Waals surface area (Å²) in [5, 5.41) is 6.95.